The first-order valence-corrected chi connectivity index (χ1v) is 6.19. The summed E-state index contributed by atoms with van der Waals surface area (Å²) in [4.78, 5) is 11.7. The molecule has 0 bridgehead atoms. The molecule has 0 radical (unpaired) electrons. The second-order valence-corrected chi connectivity index (χ2v) is 4.64. The molecule has 0 fully saturated rings. The molecule has 0 saturated carbocycles. The molecule has 1 aliphatic carbocycles. The molecule has 0 atom stereocenters. The highest BCUT2D eigenvalue weighted by Crippen LogP contribution is 2.31. The SMILES string of the molecule is COc1ccc(F)c(-c2ccc3c(c2)C(=O)CC3)c1. The van der Waals surface area contributed by atoms with Crippen LogP contribution in [0.5, 0.6) is 5.75 Å². The van der Waals surface area contributed by atoms with E-state index in [0.29, 0.717) is 23.3 Å². The average Bonchev–Trinajstić information content (AvgIpc) is 2.81. The minimum atomic E-state index is -0.314. The number of halogens is 1. The minimum Gasteiger partial charge on any atom is -0.497 e. The van der Waals surface area contributed by atoms with E-state index in [4.69, 9.17) is 4.74 Å². The number of aryl methyl sites for hydroxylation is 1. The van der Waals surface area contributed by atoms with Crippen molar-refractivity contribution in [2.24, 2.45) is 0 Å². The van der Waals surface area contributed by atoms with Gasteiger partial charge in [0.2, 0.25) is 0 Å². The molecule has 19 heavy (non-hydrogen) atoms. The molecule has 0 aliphatic heterocycles. The summed E-state index contributed by atoms with van der Waals surface area (Å²) in [6.07, 6.45) is 1.34. The van der Waals surface area contributed by atoms with E-state index in [0.717, 1.165) is 17.5 Å². The normalized spacial score (nSPS) is 13.5. The Kier molecular flexibility index (Phi) is 2.82. The van der Waals surface area contributed by atoms with Crippen molar-refractivity contribution < 1.29 is 13.9 Å². The zero-order valence-corrected chi connectivity index (χ0v) is 10.6. The second-order valence-electron chi connectivity index (χ2n) is 4.64. The van der Waals surface area contributed by atoms with Gasteiger partial charge < -0.3 is 4.74 Å². The highest BCUT2D eigenvalue weighted by molar-refractivity contribution is 6.01. The molecule has 0 aromatic heterocycles. The van der Waals surface area contributed by atoms with Crippen molar-refractivity contribution in [2.75, 3.05) is 7.11 Å². The number of methoxy groups -OCH3 is 1. The molecular formula is C16H13FO2. The average molecular weight is 256 g/mol. The topological polar surface area (TPSA) is 26.3 Å². The van der Waals surface area contributed by atoms with Crippen molar-refractivity contribution in [3.8, 4) is 16.9 Å². The quantitative estimate of drug-likeness (QED) is 0.820. The lowest BCUT2D eigenvalue weighted by Crippen LogP contribution is -1.93. The van der Waals surface area contributed by atoms with Gasteiger partial charge in [0.05, 0.1) is 7.11 Å². The Balaban J connectivity index is 2.12. The number of fused-ring (bicyclic) bond motifs is 1. The zero-order chi connectivity index (χ0) is 13.4. The molecule has 3 rings (SSSR count). The van der Waals surface area contributed by atoms with Crippen LogP contribution < -0.4 is 4.74 Å². The van der Waals surface area contributed by atoms with Crippen LogP contribution in [0.3, 0.4) is 0 Å². The van der Waals surface area contributed by atoms with Gasteiger partial charge in [-0.05, 0) is 41.8 Å². The third-order valence-electron chi connectivity index (χ3n) is 3.52. The molecule has 0 unspecified atom stereocenters. The van der Waals surface area contributed by atoms with Crippen molar-refractivity contribution in [1.29, 1.82) is 0 Å². The van der Waals surface area contributed by atoms with Crippen LogP contribution in [0.2, 0.25) is 0 Å². The number of hydrogen-bond donors (Lipinski definition) is 0. The predicted octanol–water partition coefficient (Wildman–Crippen LogP) is 3.63. The van der Waals surface area contributed by atoms with Crippen LogP contribution in [-0.2, 0) is 6.42 Å². The van der Waals surface area contributed by atoms with E-state index >= 15 is 0 Å². The number of ether oxygens (including phenoxy) is 1. The van der Waals surface area contributed by atoms with Crippen molar-refractivity contribution >= 4 is 5.78 Å². The van der Waals surface area contributed by atoms with Gasteiger partial charge in [0, 0.05) is 17.5 Å². The van der Waals surface area contributed by atoms with Gasteiger partial charge in [0.25, 0.3) is 0 Å². The van der Waals surface area contributed by atoms with Crippen LogP contribution in [-0.4, -0.2) is 12.9 Å². The fraction of sp³-hybridized carbons (Fsp3) is 0.188. The minimum absolute atomic E-state index is 0.139. The first-order chi connectivity index (χ1) is 9.19. The van der Waals surface area contributed by atoms with E-state index in [1.165, 1.54) is 6.07 Å². The number of rotatable bonds is 2. The van der Waals surface area contributed by atoms with E-state index < -0.39 is 0 Å². The van der Waals surface area contributed by atoms with Crippen LogP contribution in [0.4, 0.5) is 4.39 Å². The lowest BCUT2D eigenvalue weighted by Gasteiger charge is -2.08. The van der Waals surface area contributed by atoms with Crippen molar-refractivity contribution in [1.82, 2.24) is 0 Å². The molecule has 0 heterocycles. The Morgan fingerprint density at radius 1 is 1.05 bits per heavy atom. The van der Waals surface area contributed by atoms with Gasteiger partial charge in [-0.2, -0.15) is 0 Å². The van der Waals surface area contributed by atoms with Crippen LogP contribution in [0.25, 0.3) is 11.1 Å². The summed E-state index contributed by atoms with van der Waals surface area (Å²) in [6, 6.07) is 10.2. The molecular weight excluding hydrogens is 243 g/mol. The van der Waals surface area contributed by atoms with Crippen molar-refractivity contribution in [3.63, 3.8) is 0 Å². The van der Waals surface area contributed by atoms with E-state index in [1.54, 1.807) is 25.3 Å². The number of carbonyl (C=O) groups is 1. The van der Waals surface area contributed by atoms with E-state index in [9.17, 15) is 9.18 Å². The molecule has 0 spiro atoms. The Bertz CT molecular complexity index is 662. The Morgan fingerprint density at radius 3 is 2.68 bits per heavy atom. The van der Waals surface area contributed by atoms with Gasteiger partial charge >= 0.3 is 0 Å². The van der Waals surface area contributed by atoms with Crippen LogP contribution in [0.15, 0.2) is 36.4 Å². The maximum absolute atomic E-state index is 13.9. The zero-order valence-electron chi connectivity index (χ0n) is 10.6. The molecule has 3 heteroatoms. The monoisotopic (exact) mass is 256 g/mol. The number of carbonyl (C=O) groups excluding carboxylic acids is 1. The maximum Gasteiger partial charge on any atom is 0.163 e. The molecule has 0 amide bonds. The summed E-state index contributed by atoms with van der Waals surface area (Å²) in [5.74, 6) is 0.426. The summed E-state index contributed by atoms with van der Waals surface area (Å²) in [5, 5.41) is 0. The third-order valence-corrected chi connectivity index (χ3v) is 3.52. The number of benzene rings is 2. The first-order valence-electron chi connectivity index (χ1n) is 6.19. The van der Waals surface area contributed by atoms with Gasteiger partial charge in [0.15, 0.2) is 5.78 Å². The van der Waals surface area contributed by atoms with Crippen LogP contribution >= 0.6 is 0 Å². The van der Waals surface area contributed by atoms with Crippen LogP contribution in [0, 0.1) is 5.82 Å². The molecule has 96 valence electrons. The first kappa shape index (κ1) is 11.9. The molecule has 0 saturated heterocycles. The molecule has 2 nitrogen and oxygen atoms in total. The summed E-state index contributed by atoms with van der Waals surface area (Å²) in [6.45, 7) is 0. The van der Waals surface area contributed by atoms with Crippen molar-refractivity contribution in [3.05, 3.63) is 53.3 Å². The molecule has 1 aliphatic rings. The Hall–Kier alpha value is -2.16. The molecule has 2 aromatic carbocycles. The summed E-state index contributed by atoms with van der Waals surface area (Å²) in [7, 11) is 1.54. The lowest BCUT2D eigenvalue weighted by molar-refractivity contribution is 0.0994. The summed E-state index contributed by atoms with van der Waals surface area (Å²) >= 11 is 0. The largest absolute Gasteiger partial charge is 0.497 e. The standard InChI is InChI=1S/C16H13FO2/c1-19-12-5-6-15(17)13(9-12)11-3-2-10-4-7-16(18)14(10)8-11/h2-3,5-6,8-9H,4,7H2,1H3. The molecule has 2 aromatic rings. The predicted molar refractivity (Wildman–Crippen MR) is 71.0 cm³/mol. The van der Waals surface area contributed by atoms with E-state index in [-0.39, 0.29) is 11.6 Å². The van der Waals surface area contributed by atoms with Gasteiger partial charge in [-0.3, -0.25) is 4.79 Å². The second kappa shape index (κ2) is 4.50. The Morgan fingerprint density at radius 2 is 1.89 bits per heavy atom. The van der Waals surface area contributed by atoms with Gasteiger partial charge in [-0.25, -0.2) is 4.39 Å². The van der Waals surface area contributed by atoms with Gasteiger partial charge in [-0.15, -0.1) is 0 Å². The maximum atomic E-state index is 13.9. The van der Waals surface area contributed by atoms with Gasteiger partial charge in [-0.1, -0.05) is 12.1 Å². The number of hydrogen-bond acceptors (Lipinski definition) is 2. The molecule has 0 N–H and O–H groups in total. The van der Waals surface area contributed by atoms with Crippen LogP contribution in [0.1, 0.15) is 22.3 Å². The van der Waals surface area contributed by atoms with E-state index in [2.05, 4.69) is 0 Å². The fourth-order valence-corrected chi connectivity index (χ4v) is 2.46. The highest BCUT2D eigenvalue weighted by atomic mass is 19.1. The summed E-state index contributed by atoms with van der Waals surface area (Å²) in [5.41, 5.74) is 2.95. The fourth-order valence-electron chi connectivity index (χ4n) is 2.46. The Labute approximate surface area is 110 Å². The third kappa shape index (κ3) is 2.01. The van der Waals surface area contributed by atoms with E-state index in [1.807, 2.05) is 12.1 Å². The number of Topliss-reactive ketones (excluding diaryl/α,β-unsaturated/α-hetero) is 1. The highest BCUT2D eigenvalue weighted by Gasteiger charge is 2.20. The summed E-state index contributed by atoms with van der Waals surface area (Å²) < 4.78 is 19.0. The smallest absolute Gasteiger partial charge is 0.163 e. The lowest BCUT2D eigenvalue weighted by atomic mass is 10.00. The number of ketones is 1. The van der Waals surface area contributed by atoms with Gasteiger partial charge in [0.1, 0.15) is 11.6 Å². The van der Waals surface area contributed by atoms with Crippen molar-refractivity contribution in [2.45, 2.75) is 12.8 Å².